The Labute approximate surface area is 199 Å². The van der Waals surface area contributed by atoms with E-state index in [9.17, 15) is 9.59 Å². The van der Waals surface area contributed by atoms with Gasteiger partial charge in [-0.25, -0.2) is 0 Å². The molecule has 0 unspecified atom stereocenters. The van der Waals surface area contributed by atoms with E-state index in [0.29, 0.717) is 6.42 Å². The predicted octanol–water partition coefficient (Wildman–Crippen LogP) is 3.90. The number of benzene rings is 1. The standard InChI is InChI=1S/C26H34BrN3O2/c27-19-8-6-18(7-9-19)26(23(29)32)21-11-10-20(24(21)13-14-24)25(26,22(28)31)12-2-1-3-15-30-16-4-5-17-30/h6-11,20-21H,1-5,12-17H2,(H2,28,31)(H2,29,32)/t20-,21+,25+,26-/m1/s1. The lowest BCUT2D eigenvalue weighted by atomic mass is 9.52. The number of primary amides is 2. The van der Waals surface area contributed by atoms with Crippen molar-refractivity contribution in [3.8, 4) is 0 Å². The molecule has 6 heteroatoms. The molecule has 0 radical (unpaired) electrons. The van der Waals surface area contributed by atoms with E-state index in [-0.39, 0.29) is 23.2 Å². The molecule has 5 rings (SSSR count). The van der Waals surface area contributed by atoms with Crippen LogP contribution in [-0.2, 0) is 15.0 Å². The Morgan fingerprint density at radius 2 is 1.59 bits per heavy atom. The fraction of sp³-hybridized carbons (Fsp3) is 0.615. The normalized spacial score (nSPS) is 34.4. The Kier molecular flexibility index (Phi) is 5.52. The third kappa shape index (κ3) is 2.91. The Hall–Kier alpha value is -1.66. The van der Waals surface area contributed by atoms with Gasteiger partial charge in [-0.3, -0.25) is 9.59 Å². The van der Waals surface area contributed by atoms with Gasteiger partial charge in [-0.05, 0) is 87.2 Å². The summed E-state index contributed by atoms with van der Waals surface area (Å²) in [4.78, 5) is 29.4. The zero-order valence-corrected chi connectivity index (χ0v) is 20.3. The molecule has 0 aromatic heterocycles. The fourth-order valence-electron chi connectivity index (χ4n) is 7.73. The summed E-state index contributed by atoms with van der Waals surface area (Å²) in [5.74, 6) is -0.830. The number of rotatable bonds is 9. The minimum absolute atomic E-state index is 0.00720. The van der Waals surface area contributed by atoms with Crippen LogP contribution in [0.15, 0.2) is 40.9 Å². The van der Waals surface area contributed by atoms with E-state index < -0.39 is 16.7 Å². The second-order valence-corrected chi connectivity index (χ2v) is 11.4. The lowest BCUT2D eigenvalue weighted by Gasteiger charge is -2.48. The van der Waals surface area contributed by atoms with Crippen LogP contribution in [0.25, 0.3) is 0 Å². The molecule has 3 aliphatic carbocycles. The van der Waals surface area contributed by atoms with Crippen LogP contribution in [0.2, 0.25) is 0 Å². The second-order valence-electron chi connectivity index (χ2n) is 10.4. The number of nitrogens with two attached hydrogens (primary N) is 2. The molecule has 4 aliphatic rings. The molecule has 4 N–H and O–H groups in total. The van der Waals surface area contributed by atoms with Gasteiger partial charge in [-0.15, -0.1) is 0 Å². The number of amides is 2. The SMILES string of the molecule is NC(=O)[C@]1(CCCCCN2CCCC2)[C@@H]2C=C[C@@H](C23CC3)[C@@]1(C(N)=O)c1ccc(Br)cc1. The summed E-state index contributed by atoms with van der Waals surface area (Å²) in [6.07, 6.45) is 12.7. The molecule has 1 aromatic carbocycles. The Bertz CT molecular complexity index is 935. The highest BCUT2D eigenvalue weighted by Crippen LogP contribution is 2.80. The second kappa shape index (κ2) is 7.98. The quantitative estimate of drug-likeness (QED) is 0.398. The first-order valence-electron chi connectivity index (χ1n) is 12.2. The molecule has 3 fully saturated rings. The Morgan fingerprint density at radius 3 is 2.19 bits per heavy atom. The molecule has 5 nitrogen and oxygen atoms in total. The number of allylic oxidation sites excluding steroid dienone is 2. The molecule has 1 saturated heterocycles. The summed E-state index contributed by atoms with van der Waals surface area (Å²) < 4.78 is 0.937. The van der Waals surface area contributed by atoms with E-state index in [2.05, 4.69) is 33.0 Å². The number of likely N-dealkylation sites (tertiary alicyclic amines) is 1. The van der Waals surface area contributed by atoms with Gasteiger partial charge in [-0.1, -0.05) is 53.1 Å². The number of hydrogen-bond acceptors (Lipinski definition) is 3. The molecular formula is C26H34BrN3O2. The summed E-state index contributed by atoms with van der Waals surface area (Å²) in [6, 6.07) is 7.81. The van der Waals surface area contributed by atoms with Crippen molar-refractivity contribution in [1.82, 2.24) is 4.90 Å². The van der Waals surface area contributed by atoms with Gasteiger partial charge in [0.15, 0.2) is 0 Å². The largest absolute Gasteiger partial charge is 0.369 e. The van der Waals surface area contributed by atoms with E-state index in [1.807, 2.05) is 24.3 Å². The van der Waals surface area contributed by atoms with E-state index in [1.165, 1.54) is 25.9 Å². The van der Waals surface area contributed by atoms with Crippen LogP contribution in [0.4, 0.5) is 0 Å². The van der Waals surface area contributed by atoms with Crippen molar-refractivity contribution in [2.45, 2.75) is 56.8 Å². The number of halogens is 1. The molecule has 32 heavy (non-hydrogen) atoms. The van der Waals surface area contributed by atoms with Crippen LogP contribution in [-0.4, -0.2) is 36.3 Å². The highest BCUT2D eigenvalue weighted by atomic mass is 79.9. The Morgan fingerprint density at radius 1 is 0.938 bits per heavy atom. The number of unbranched alkanes of at least 4 members (excludes halogenated alkanes) is 2. The van der Waals surface area contributed by atoms with Crippen LogP contribution in [0.5, 0.6) is 0 Å². The number of nitrogens with zero attached hydrogens (tertiary/aromatic N) is 1. The monoisotopic (exact) mass is 499 g/mol. The van der Waals surface area contributed by atoms with E-state index >= 15 is 0 Å². The van der Waals surface area contributed by atoms with Gasteiger partial charge >= 0.3 is 0 Å². The lowest BCUT2D eigenvalue weighted by molar-refractivity contribution is -0.143. The molecule has 1 spiro atoms. The van der Waals surface area contributed by atoms with Crippen molar-refractivity contribution < 1.29 is 9.59 Å². The minimum Gasteiger partial charge on any atom is -0.369 e. The van der Waals surface area contributed by atoms with E-state index in [4.69, 9.17) is 11.5 Å². The third-order valence-electron chi connectivity index (χ3n) is 9.14. The topological polar surface area (TPSA) is 89.4 Å². The molecule has 2 bridgehead atoms. The van der Waals surface area contributed by atoms with E-state index in [0.717, 1.165) is 48.7 Å². The first-order valence-corrected chi connectivity index (χ1v) is 13.0. The molecule has 1 heterocycles. The van der Waals surface area contributed by atoms with Crippen molar-refractivity contribution in [1.29, 1.82) is 0 Å². The fourth-order valence-corrected chi connectivity index (χ4v) is 7.99. The predicted molar refractivity (Wildman–Crippen MR) is 129 cm³/mol. The maximum Gasteiger partial charge on any atom is 0.229 e. The van der Waals surface area contributed by atoms with Crippen molar-refractivity contribution in [3.05, 3.63) is 46.5 Å². The van der Waals surface area contributed by atoms with Crippen LogP contribution in [0.3, 0.4) is 0 Å². The summed E-state index contributed by atoms with van der Waals surface area (Å²) in [7, 11) is 0. The van der Waals surface area contributed by atoms with Gasteiger partial charge in [-0.2, -0.15) is 0 Å². The number of carbonyl (C=O) groups excluding carboxylic acids is 2. The van der Waals surface area contributed by atoms with Crippen molar-refractivity contribution in [2.24, 2.45) is 34.1 Å². The average Bonchev–Trinajstić information content (AvgIpc) is 3.13. The van der Waals surface area contributed by atoms with E-state index in [1.54, 1.807) is 0 Å². The van der Waals surface area contributed by atoms with Gasteiger partial charge in [0.25, 0.3) is 0 Å². The first-order chi connectivity index (χ1) is 15.4. The molecular weight excluding hydrogens is 466 g/mol. The van der Waals surface area contributed by atoms with Crippen LogP contribution in [0, 0.1) is 22.7 Å². The molecule has 1 aromatic rings. The van der Waals surface area contributed by atoms with Crippen molar-refractivity contribution in [2.75, 3.05) is 19.6 Å². The molecule has 1 aliphatic heterocycles. The number of hydrogen-bond donors (Lipinski definition) is 2. The van der Waals surface area contributed by atoms with Gasteiger partial charge < -0.3 is 16.4 Å². The maximum absolute atomic E-state index is 13.5. The smallest absolute Gasteiger partial charge is 0.229 e. The zero-order valence-electron chi connectivity index (χ0n) is 18.7. The summed E-state index contributed by atoms with van der Waals surface area (Å²) >= 11 is 3.50. The highest BCUT2D eigenvalue weighted by molar-refractivity contribution is 9.10. The first kappa shape index (κ1) is 22.1. The van der Waals surface area contributed by atoms with Gasteiger partial charge in [0, 0.05) is 10.4 Å². The van der Waals surface area contributed by atoms with Crippen LogP contribution >= 0.6 is 15.9 Å². The summed E-state index contributed by atoms with van der Waals surface area (Å²) in [5.41, 5.74) is 11.3. The van der Waals surface area contributed by atoms with Crippen molar-refractivity contribution in [3.63, 3.8) is 0 Å². The molecule has 2 amide bonds. The molecule has 172 valence electrons. The maximum atomic E-state index is 13.5. The Balaban J connectivity index is 1.49. The van der Waals surface area contributed by atoms with Gasteiger partial charge in [0.1, 0.15) is 0 Å². The highest BCUT2D eigenvalue weighted by Gasteiger charge is 2.82. The summed E-state index contributed by atoms with van der Waals surface area (Å²) in [5, 5.41) is 0. The molecule has 4 atom stereocenters. The minimum atomic E-state index is -1.08. The summed E-state index contributed by atoms with van der Waals surface area (Å²) in [6.45, 7) is 3.53. The number of carbonyl (C=O) groups is 2. The third-order valence-corrected chi connectivity index (χ3v) is 9.66. The van der Waals surface area contributed by atoms with Crippen LogP contribution in [0.1, 0.15) is 56.9 Å². The van der Waals surface area contributed by atoms with Crippen LogP contribution < -0.4 is 11.5 Å². The average molecular weight is 500 g/mol. The van der Waals surface area contributed by atoms with Gasteiger partial charge in [0.2, 0.25) is 11.8 Å². The van der Waals surface area contributed by atoms with Crippen molar-refractivity contribution >= 4 is 27.7 Å². The van der Waals surface area contributed by atoms with Gasteiger partial charge in [0.05, 0.1) is 10.8 Å². The molecule has 2 saturated carbocycles. The lowest BCUT2D eigenvalue weighted by Crippen LogP contribution is -2.62. The zero-order chi connectivity index (χ0) is 22.6.